The third-order valence-electron chi connectivity index (χ3n) is 3.28. The van der Waals surface area contributed by atoms with Crippen LogP contribution in [0.15, 0.2) is 0 Å². The van der Waals surface area contributed by atoms with Crippen LogP contribution in [-0.2, 0) is 4.79 Å². The van der Waals surface area contributed by atoms with Crippen LogP contribution in [0.1, 0.15) is 33.6 Å². The fourth-order valence-corrected chi connectivity index (χ4v) is 2.37. The van der Waals surface area contributed by atoms with E-state index in [4.69, 9.17) is 5.11 Å². The molecule has 0 aromatic heterocycles. The molecule has 0 saturated carbocycles. The molecule has 98 valence electrons. The molecule has 17 heavy (non-hydrogen) atoms. The number of rotatable bonds is 4. The molecule has 2 amide bonds. The first-order valence-electron chi connectivity index (χ1n) is 6.23. The maximum atomic E-state index is 12.2. The van der Waals surface area contributed by atoms with Crippen LogP contribution in [0.5, 0.6) is 0 Å². The Morgan fingerprint density at radius 2 is 2.06 bits per heavy atom. The lowest BCUT2D eigenvalue weighted by atomic mass is 10.1. The largest absolute Gasteiger partial charge is 0.481 e. The van der Waals surface area contributed by atoms with Crippen LogP contribution in [0, 0.1) is 5.92 Å². The van der Waals surface area contributed by atoms with Crippen molar-refractivity contribution in [2.45, 2.75) is 39.7 Å². The molecule has 2 unspecified atom stereocenters. The molecule has 1 aliphatic rings. The predicted molar refractivity (Wildman–Crippen MR) is 64.8 cm³/mol. The van der Waals surface area contributed by atoms with Crippen molar-refractivity contribution in [1.82, 2.24) is 9.80 Å². The van der Waals surface area contributed by atoms with E-state index < -0.39 is 5.97 Å². The second-order valence-corrected chi connectivity index (χ2v) is 4.85. The minimum Gasteiger partial charge on any atom is -0.481 e. The van der Waals surface area contributed by atoms with E-state index in [1.54, 1.807) is 4.90 Å². The van der Waals surface area contributed by atoms with Crippen molar-refractivity contribution in [3.05, 3.63) is 0 Å². The first-order chi connectivity index (χ1) is 7.95. The molecule has 0 spiro atoms. The quantitative estimate of drug-likeness (QED) is 0.815. The summed E-state index contributed by atoms with van der Waals surface area (Å²) in [5.74, 6) is -0.328. The lowest BCUT2D eigenvalue weighted by molar-refractivity contribution is -0.137. The van der Waals surface area contributed by atoms with Gasteiger partial charge in [0.1, 0.15) is 0 Å². The SMILES string of the molecule is CCN(CCC(=O)O)C(=O)N1CC(C)CC1C. The minimum atomic E-state index is -0.862. The fourth-order valence-electron chi connectivity index (χ4n) is 2.37. The molecule has 0 aromatic rings. The number of hydrogen-bond donors (Lipinski definition) is 1. The third-order valence-corrected chi connectivity index (χ3v) is 3.28. The van der Waals surface area contributed by atoms with Crippen molar-refractivity contribution < 1.29 is 14.7 Å². The van der Waals surface area contributed by atoms with Crippen molar-refractivity contribution in [3.8, 4) is 0 Å². The number of carboxylic acid groups (broad SMARTS) is 1. The van der Waals surface area contributed by atoms with Gasteiger partial charge in [0, 0.05) is 25.7 Å². The molecular weight excluding hydrogens is 220 g/mol. The van der Waals surface area contributed by atoms with Crippen LogP contribution in [-0.4, -0.2) is 52.6 Å². The highest BCUT2D eigenvalue weighted by Gasteiger charge is 2.32. The number of aliphatic carboxylic acids is 1. The van der Waals surface area contributed by atoms with Crippen LogP contribution in [0.2, 0.25) is 0 Å². The van der Waals surface area contributed by atoms with Crippen LogP contribution in [0.25, 0.3) is 0 Å². The molecule has 1 N–H and O–H groups in total. The third kappa shape index (κ3) is 3.61. The first-order valence-corrected chi connectivity index (χ1v) is 6.23. The number of carbonyl (C=O) groups excluding carboxylic acids is 1. The fraction of sp³-hybridized carbons (Fsp3) is 0.833. The molecular formula is C12H22N2O3. The van der Waals surface area contributed by atoms with Gasteiger partial charge in [-0.25, -0.2) is 4.79 Å². The van der Waals surface area contributed by atoms with Crippen LogP contribution >= 0.6 is 0 Å². The zero-order valence-electron chi connectivity index (χ0n) is 10.8. The molecule has 1 rings (SSSR count). The molecule has 0 aliphatic carbocycles. The lowest BCUT2D eigenvalue weighted by Gasteiger charge is -2.29. The number of likely N-dealkylation sites (tertiary alicyclic amines) is 1. The Labute approximate surface area is 102 Å². The summed E-state index contributed by atoms with van der Waals surface area (Å²) >= 11 is 0. The van der Waals surface area contributed by atoms with Crippen molar-refractivity contribution in [1.29, 1.82) is 0 Å². The van der Waals surface area contributed by atoms with Crippen LogP contribution < -0.4 is 0 Å². The second kappa shape index (κ2) is 5.89. The molecule has 0 aromatic carbocycles. The molecule has 1 fully saturated rings. The maximum Gasteiger partial charge on any atom is 0.320 e. The Balaban J connectivity index is 2.56. The van der Waals surface area contributed by atoms with Gasteiger partial charge in [0.2, 0.25) is 0 Å². The predicted octanol–water partition coefficient (Wildman–Crippen LogP) is 1.63. The normalized spacial score (nSPS) is 23.8. The summed E-state index contributed by atoms with van der Waals surface area (Å²) in [6, 6.07) is 0.238. The summed E-state index contributed by atoms with van der Waals surface area (Å²) in [6.07, 6.45) is 1.04. The Hall–Kier alpha value is -1.26. The van der Waals surface area contributed by atoms with Gasteiger partial charge < -0.3 is 14.9 Å². The molecule has 0 bridgehead atoms. The highest BCUT2D eigenvalue weighted by Crippen LogP contribution is 2.23. The molecule has 1 aliphatic heterocycles. The van der Waals surface area contributed by atoms with Crippen molar-refractivity contribution in [2.75, 3.05) is 19.6 Å². The number of amides is 2. The molecule has 5 heteroatoms. The number of carbonyl (C=O) groups is 2. The first kappa shape index (κ1) is 13.8. The van der Waals surface area contributed by atoms with E-state index in [1.165, 1.54) is 0 Å². The van der Waals surface area contributed by atoms with Crippen LogP contribution in [0.4, 0.5) is 4.79 Å². The summed E-state index contributed by atoms with van der Waals surface area (Å²) in [7, 11) is 0. The molecule has 2 atom stereocenters. The maximum absolute atomic E-state index is 12.2. The molecule has 5 nitrogen and oxygen atoms in total. The highest BCUT2D eigenvalue weighted by atomic mass is 16.4. The number of carboxylic acids is 1. The average Bonchev–Trinajstić information content (AvgIpc) is 2.58. The molecule has 1 saturated heterocycles. The van der Waals surface area contributed by atoms with Gasteiger partial charge in [-0.3, -0.25) is 4.79 Å². The molecule has 0 radical (unpaired) electrons. The zero-order chi connectivity index (χ0) is 13.0. The number of hydrogen-bond acceptors (Lipinski definition) is 2. The van der Waals surface area contributed by atoms with Gasteiger partial charge >= 0.3 is 12.0 Å². The lowest BCUT2D eigenvalue weighted by Crippen LogP contribution is -2.45. The van der Waals surface area contributed by atoms with Gasteiger partial charge in [-0.15, -0.1) is 0 Å². The minimum absolute atomic E-state index is 0.0113. The van der Waals surface area contributed by atoms with Crippen molar-refractivity contribution >= 4 is 12.0 Å². The van der Waals surface area contributed by atoms with E-state index in [1.807, 2.05) is 18.7 Å². The summed E-state index contributed by atoms with van der Waals surface area (Å²) in [4.78, 5) is 26.2. The zero-order valence-corrected chi connectivity index (χ0v) is 10.8. The summed E-state index contributed by atoms with van der Waals surface area (Å²) in [5.41, 5.74) is 0. The van der Waals surface area contributed by atoms with E-state index in [9.17, 15) is 9.59 Å². The van der Waals surface area contributed by atoms with E-state index in [0.29, 0.717) is 19.0 Å². The smallest absolute Gasteiger partial charge is 0.320 e. The monoisotopic (exact) mass is 242 g/mol. The van der Waals surface area contributed by atoms with E-state index in [2.05, 4.69) is 6.92 Å². The second-order valence-electron chi connectivity index (χ2n) is 4.85. The number of nitrogens with zero attached hydrogens (tertiary/aromatic N) is 2. The standard InChI is InChI=1S/C12H22N2O3/c1-4-13(6-5-11(15)16)12(17)14-8-9(2)7-10(14)3/h9-10H,4-8H2,1-3H3,(H,15,16). The Morgan fingerprint density at radius 1 is 1.41 bits per heavy atom. The number of urea groups is 1. The van der Waals surface area contributed by atoms with Gasteiger partial charge in [0.25, 0.3) is 0 Å². The van der Waals surface area contributed by atoms with Gasteiger partial charge in [0.05, 0.1) is 6.42 Å². The Morgan fingerprint density at radius 3 is 2.47 bits per heavy atom. The summed E-state index contributed by atoms with van der Waals surface area (Å²) < 4.78 is 0. The topological polar surface area (TPSA) is 60.9 Å². The summed E-state index contributed by atoms with van der Waals surface area (Å²) in [5, 5.41) is 8.65. The average molecular weight is 242 g/mol. The highest BCUT2D eigenvalue weighted by molar-refractivity contribution is 5.76. The van der Waals surface area contributed by atoms with Gasteiger partial charge in [-0.1, -0.05) is 6.92 Å². The van der Waals surface area contributed by atoms with E-state index >= 15 is 0 Å². The van der Waals surface area contributed by atoms with Crippen LogP contribution in [0.3, 0.4) is 0 Å². The van der Waals surface area contributed by atoms with Crippen molar-refractivity contribution in [2.24, 2.45) is 5.92 Å². The Bertz CT molecular complexity index is 293. The van der Waals surface area contributed by atoms with E-state index in [-0.39, 0.29) is 18.5 Å². The molecule has 1 heterocycles. The van der Waals surface area contributed by atoms with Gasteiger partial charge in [-0.2, -0.15) is 0 Å². The van der Waals surface area contributed by atoms with Crippen molar-refractivity contribution in [3.63, 3.8) is 0 Å². The summed E-state index contributed by atoms with van der Waals surface area (Å²) in [6.45, 7) is 7.70. The van der Waals surface area contributed by atoms with E-state index in [0.717, 1.165) is 13.0 Å². The Kier molecular flexibility index (Phi) is 4.78. The van der Waals surface area contributed by atoms with Gasteiger partial charge in [0.15, 0.2) is 0 Å². The van der Waals surface area contributed by atoms with Gasteiger partial charge in [-0.05, 0) is 26.2 Å².